The molecule has 1 aromatic heterocycles. The highest BCUT2D eigenvalue weighted by molar-refractivity contribution is 7.80. The number of hydrazine groups is 1. The lowest BCUT2D eigenvalue weighted by Crippen LogP contribution is -2.51. The van der Waals surface area contributed by atoms with E-state index in [4.69, 9.17) is 35.4 Å². The van der Waals surface area contributed by atoms with Crippen LogP contribution in [0.1, 0.15) is 41.2 Å². The second-order valence-electron chi connectivity index (χ2n) is 6.01. The molecule has 0 bridgehead atoms. The maximum atomic E-state index is 12.4. The minimum Gasteiger partial charge on any atom is -0.298 e. The fraction of sp³-hybridized carbons (Fsp3) is 0.278. The Balaban J connectivity index is 1.65. The molecule has 0 aliphatic carbocycles. The summed E-state index contributed by atoms with van der Waals surface area (Å²) in [5.74, 6) is -0.376. The van der Waals surface area contributed by atoms with Crippen molar-refractivity contribution in [3.63, 3.8) is 0 Å². The topological polar surface area (TPSA) is 57.3 Å². The van der Waals surface area contributed by atoms with Crippen LogP contribution in [0.2, 0.25) is 10.0 Å². The summed E-state index contributed by atoms with van der Waals surface area (Å²) in [4.78, 5) is 16.6. The Morgan fingerprint density at radius 3 is 2.85 bits per heavy atom. The first-order valence-electron chi connectivity index (χ1n) is 8.28. The average Bonchev–Trinajstić information content (AvgIpc) is 2.62. The van der Waals surface area contributed by atoms with Crippen LogP contribution in [0.5, 0.6) is 0 Å². The van der Waals surface area contributed by atoms with Gasteiger partial charge >= 0.3 is 0 Å². The van der Waals surface area contributed by atoms with Crippen LogP contribution in [-0.2, 0) is 0 Å². The van der Waals surface area contributed by atoms with Gasteiger partial charge in [-0.05, 0) is 54.9 Å². The van der Waals surface area contributed by atoms with Crippen molar-refractivity contribution in [3.05, 3.63) is 63.9 Å². The molecule has 5 nitrogen and oxygen atoms in total. The Morgan fingerprint density at radius 1 is 1.27 bits per heavy atom. The predicted molar refractivity (Wildman–Crippen MR) is 107 cm³/mol. The molecule has 1 atom stereocenters. The Bertz CT molecular complexity index is 803. The molecule has 1 saturated heterocycles. The van der Waals surface area contributed by atoms with E-state index in [2.05, 4.69) is 15.7 Å². The standard InChI is InChI=1S/C18H18Cl2N4OS/c19-13-6-7-14(15(20)10-13)17(25)22-18(26)23-24-9-2-1-5-16(24)12-4-3-8-21-11-12/h3-4,6-8,10-11,16H,1-2,5,9H2,(H2,22,23,25,26)/t16-/m1/s1. The highest BCUT2D eigenvalue weighted by Gasteiger charge is 2.25. The maximum absolute atomic E-state index is 12.4. The number of halogens is 2. The van der Waals surface area contributed by atoms with Crippen molar-refractivity contribution in [2.45, 2.75) is 25.3 Å². The van der Waals surface area contributed by atoms with Crippen LogP contribution >= 0.6 is 35.4 Å². The van der Waals surface area contributed by atoms with E-state index in [1.165, 1.54) is 6.07 Å². The zero-order chi connectivity index (χ0) is 18.5. The lowest BCUT2D eigenvalue weighted by atomic mass is 9.98. The van der Waals surface area contributed by atoms with Crippen LogP contribution in [0.4, 0.5) is 0 Å². The normalized spacial score (nSPS) is 17.5. The van der Waals surface area contributed by atoms with E-state index in [0.29, 0.717) is 10.6 Å². The summed E-state index contributed by atoms with van der Waals surface area (Å²) in [6.45, 7) is 0.831. The molecule has 3 rings (SSSR count). The van der Waals surface area contributed by atoms with Crippen LogP contribution in [0.25, 0.3) is 0 Å². The molecule has 1 aliphatic rings. The van der Waals surface area contributed by atoms with Gasteiger partial charge in [-0.15, -0.1) is 0 Å². The number of hydrogen-bond acceptors (Lipinski definition) is 4. The summed E-state index contributed by atoms with van der Waals surface area (Å²) >= 11 is 17.3. The average molecular weight is 409 g/mol. The lowest BCUT2D eigenvalue weighted by molar-refractivity contribution is 0.0958. The van der Waals surface area contributed by atoms with Crippen LogP contribution < -0.4 is 10.7 Å². The number of carbonyl (C=O) groups is 1. The number of rotatable bonds is 3. The van der Waals surface area contributed by atoms with Crippen molar-refractivity contribution in [2.24, 2.45) is 0 Å². The van der Waals surface area contributed by atoms with Gasteiger partial charge in [-0.1, -0.05) is 35.7 Å². The third-order valence-electron chi connectivity index (χ3n) is 4.22. The summed E-state index contributed by atoms with van der Waals surface area (Å²) < 4.78 is 0. The van der Waals surface area contributed by atoms with Crippen molar-refractivity contribution in [1.29, 1.82) is 0 Å². The van der Waals surface area contributed by atoms with Gasteiger partial charge in [0.1, 0.15) is 0 Å². The van der Waals surface area contributed by atoms with Gasteiger partial charge in [0.2, 0.25) is 0 Å². The number of carbonyl (C=O) groups excluding carboxylic acids is 1. The molecule has 2 aromatic rings. The number of benzene rings is 1. The van der Waals surface area contributed by atoms with E-state index < -0.39 is 0 Å². The number of pyridine rings is 1. The van der Waals surface area contributed by atoms with Crippen LogP contribution in [0.15, 0.2) is 42.7 Å². The van der Waals surface area contributed by atoms with Crippen molar-refractivity contribution in [2.75, 3.05) is 6.54 Å². The lowest BCUT2D eigenvalue weighted by Gasteiger charge is -2.36. The summed E-state index contributed by atoms with van der Waals surface area (Å²) in [7, 11) is 0. The van der Waals surface area contributed by atoms with E-state index in [-0.39, 0.29) is 22.1 Å². The number of nitrogens with one attached hydrogen (secondary N) is 2. The molecular formula is C18H18Cl2N4OS. The number of thiocarbonyl (C=S) groups is 1. The van der Waals surface area contributed by atoms with Gasteiger partial charge in [0, 0.05) is 24.0 Å². The summed E-state index contributed by atoms with van der Waals surface area (Å²) in [5.41, 5.74) is 4.58. The zero-order valence-corrected chi connectivity index (χ0v) is 16.2. The molecule has 8 heteroatoms. The molecule has 1 amide bonds. The molecule has 1 aliphatic heterocycles. The third-order valence-corrected chi connectivity index (χ3v) is 4.96. The highest BCUT2D eigenvalue weighted by Crippen LogP contribution is 2.28. The van der Waals surface area contributed by atoms with Gasteiger partial charge in [-0.3, -0.25) is 20.5 Å². The number of amides is 1. The molecular weight excluding hydrogens is 391 g/mol. The Labute approximate surface area is 167 Å². The first-order chi connectivity index (χ1) is 12.5. The van der Waals surface area contributed by atoms with Gasteiger partial charge in [-0.25, -0.2) is 5.01 Å². The minimum absolute atomic E-state index is 0.159. The Hall–Kier alpha value is -1.73. The van der Waals surface area contributed by atoms with E-state index in [1.54, 1.807) is 18.3 Å². The van der Waals surface area contributed by atoms with Gasteiger partial charge in [-0.2, -0.15) is 0 Å². The highest BCUT2D eigenvalue weighted by atomic mass is 35.5. The van der Waals surface area contributed by atoms with Gasteiger partial charge in [0.15, 0.2) is 5.11 Å². The molecule has 136 valence electrons. The predicted octanol–water partition coefficient (Wildman–Crippen LogP) is 4.13. The van der Waals surface area contributed by atoms with Gasteiger partial charge in [0.05, 0.1) is 16.6 Å². The maximum Gasteiger partial charge on any atom is 0.258 e. The third kappa shape index (κ3) is 4.71. The van der Waals surface area contributed by atoms with Crippen molar-refractivity contribution >= 4 is 46.4 Å². The minimum atomic E-state index is -0.376. The van der Waals surface area contributed by atoms with E-state index in [0.717, 1.165) is 31.4 Å². The quantitative estimate of drug-likeness (QED) is 0.747. The number of hydrogen-bond donors (Lipinski definition) is 2. The molecule has 1 aromatic carbocycles. The Morgan fingerprint density at radius 2 is 2.12 bits per heavy atom. The van der Waals surface area contributed by atoms with Gasteiger partial charge < -0.3 is 0 Å². The summed E-state index contributed by atoms with van der Waals surface area (Å²) in [5, 5.41) is 5.71. The SMILES string of the molecule is O=C(NC(=S)NN1CCCC[C@@H]1c1cccnc1)c1ccc(Cl)cc1Cl. The molecule has 0 spiro atoms. The first-order valence-corrected chi connectivity index (χ1v) is 9.44. The first kappa shape index (κ1) is 19.0. The fourth-order valence-electron chi connectivity index (χ4n) is 2.99. The monoisotopic (exact) mass is 408 g/mol. The molecule has 1 fully saturated rings. The molecule has 2 N–H and O–H groups in total. The molecule has 2 heterocycles. The number of piperidine rings is 1. The summed E-state index contributed by atoms with van der Waals surface area (Å²) in [6.07, 6.45) is 6.81. The van der Waals surface area contributed by atoms with Crippen molar-refractivity contribution < 1.29 is 4.79 Å². The second kappa shape index (κ2) is 8.77. The molecule has 26 heavy (non-hydrogen) atoms. The Kier molecular flexibility index (Phi) is 6.43. The largest absolute Gasteiger partial charge is 0.298 e. The van der Waals surface area contributed by atoms with E-state index >= 15 is 0 Å². The van der Waals surface area contributed by atoms with E-state index in [1.807, 2.05) is 23.3 Å². The van der Waals surface area contributed by atoms with E-state index in [9.17, 15) is 4.79 Å². The molecule has 0 unspecified atom stereocenters. The number of aromatic nitrogens is 1. The van der Waals surface area contributed by atoms with Crippen LogP contribution in [0.3, 0.4) is 0 Å². The molecule has 0 saturated carbocycles. The smallest absolute Gasteiger partial charge is 0.258 e. The zero-order valence-electron chi connectivity index (χ0n) is 13.9. The van der Waals surface area contributed by atoms with Crippen molar-refractivity contribution in [1.82, 2.24) is 20.7 Å². The van der Waals surface area contributed by atoms with Crippen LogP contribution in [0, 0.1) is 0 Å². The van der Waals surface area contributed by atoms with Crippen LogP contribution in [-0.4, -0.2) is 27.6 Å². The van der Waals surface area contributed by atoms with Gasteiger partial charge in [0.25, 0.3) is 5.91 Å². The second-order valence-corrected chi connectivity index (χ2v) is 7.26. The fourth-order valence-corrected chi connectivity index (χ4v) is 3.69. The summed E-state index contributed by atoms with van der Waals surface area (Å²) in [6, 6.07) is 8.84. The molecule has 0 radical (unpaired) electrons. The van der Waals surface area contributed by atoms with Crippen molar-refractivity contribution in [3.8, 4) is 0 Å². The number of nitrogens with zero attached hydrogens (tertiary/aromatic N) is 2.